The first kappa shape index (κ1) is 17.9. The van der Waals surface area contributed by atoms with Crippen LogP contribution in [0.15, 0.2) is 35.5 Å². The van der Waals surface area contributed by atoms with E-state index in [1.807, 2.05) is 19.2 Å². The van der Waals surface area contributed by atoms with Crippen LogP contribution in [0.5, 0.6) is 0 Å². The minimum Gasteiger partial charge on any atom is -0.371 e. The minimum absolute atomic E-state index is 0.0752. The number of rotatable bonds is 4. The van der Waals surface area contributed by atoms with Gasteiger partial charge in [-0.2, -0.15) is 14.7 Å². The zero-order valence-corrected chi connectivity index (χ0v) is 15.2. The van der Waals surface area contributed by atoms with Crippen molar-refractivity contribution in [2.75, 3.05) is 19.7 Å². The summed E-state index contributed by atoms with van der Waals surface area (Å²) >= 11 is 5.93. The largest absolute Gasteiger partial charge is 0.371 e. The van der Waals surface area contributed by atoms with Gasteiger partial charge in [0.15, 0.2) is 0 Å². The van der Waals surface area contributed by atoms with Gasteiger partial charge in [0.25, 0.3) is 0 Å². The van der Waals surface area contributed by atoms with E-state index in [4.69, 9.17) is 16.3 Å². The summed E-state index contributed by atoms with van der Waals surface area (Å²) < 4.78 is 34.8. The SMILES string of the molecule is CCn1cc(C2CN(S(=O)(=O)c3cc(Cl)ccc3C#N)CCO2)cn1. The third-order valence-electron chi connectivity index (χ3n) is 4.06. The Morgan fingerprint density at radius 1 is 1.48 bits per heavy atom. The highest BCUT2D eigenvalue weighted by Crippen LogP contribution is 2.29. The van der Waals surface area contributed by atoms with Gasteiger partial charge in [-0.25, -0.2) is 8.42 Å². The van der Waals surface area contributed by atoms with Gasteiger partial charge in [-0.3, -0.25) is 4.68 Å². The van der Waals surface area contributed by atoms with Crippen molar-refractivity contribution in [3.63, 3.8) is 0 Å². The summed E-state index contributed by atoms with van der Waals surface area (Å²) in [5.41, 5.74) is 0.902. The second kappa shape index (κ2) is 7.14. The Balaban J connectivity index is 1.90. The van der Waals surface area contributed by atoms with Gasteiger partial charge in [-0.05, 0) is 25.1 Å². The van der Waals surface area contributed by atoms with E-state index >= 15 is 0 Å². The second-order valence-corrected chi connectivity index (χ2v) is 7.95. The van der Waals surface area contributed by atoms with Crippen molar-refractivity contribution in [2.24, 2.45) is 0 Å². The van der Waals surface area contributed by atoms with Crippen molar-refractivity contribution >= 4 is 21.6 Å². The summed E-state index contributed by atoms with van der Waals surface area (Å²) in [4.78, 5) is -0.0765. The Hall–Kier alpha value is -1.92. The average molecular weight is 381 g/mol. The molecule has 1 aromatic carbocycles. The first-order valence-corrected chi connectivity index (χ1v) is 9.61. The lowest BCUT2D eigenvalue weighted by Gasteiger charge is -2.32. The van der Waals surface area contributed by atoms with Gasteiger partial charge < -0.3 is 4.74 Å². The van der Waals surface area contributed by atoms with Crippen LogP contribution in [0.2, 0.25) is 5.02 Å². The van der Waals surface area contributed by atoms with E-state index < -0.39 is 16.1 Å². The second-order valence-electron chi connectivity index (χ2n) is 5.60. The van der Waals surface area contributed by atoms with Crippen molar-refractivity contribution in [3.05, 3.63) is 46.7 Å². The first-order valence-electron chi connectivity index (χ1n) is 7.79. The van der Waals surface area contributed by atoms with Gasteiger partial charge >= 0.3 is 0 Å². The maximum absolute atomic E-state index is 13.0. The normalized spacial score (nSPS) is 18.8. The molecule has 0 saturated carbocycles. The predicted octanol–water partition coefficient (Wildman–Crippen LogP) is 2.19. The molecule has 0 radical (unpaired) electrons. The number of ether oxygens (including phenoxy) is 1. The Kier molecular flexibility index (Phi) is 5.11. The topological polar surface area (TPSA) is 88.2 Å². The first-order chi connectivity index (χ1) is 12.0. The van der Waals surface area contributed by atoms with Crippen LogP contribution in [0.4, 0.5) is 0 Å². The molecule has 1 fully saturated rings. The Labute approximate surface area is 151 Å². The molecule has 2 aromatic rings. The molecule has 0 spiro atoms. The van der Waals surface area contributed by atoms with Crippen molar-refractivity contribution in [2.45, 2.75) is 24.5 Å². The molecule has 3 rings (SSSR count). The standard InChI is InChI=1S/C16H17ClN4O3S/c1-2-20-10-13(9-19-20)15-11-21(5-6-24-15)25(22,23)16-7-14(17)4-3-12(16)8-18/h3-4,7,9-10,15H,2,5-6,11H2,1H3. The molecule has 1 saturated heterocycles. The molecule has 7 nitrogen and oxygen atoms in total. The fourth-order valence-corrected chi connectivity index (χ4v) is 4.53. The summed E-state index contributed by atoms with van der Waals surface area (Å²) in [6, 6.07) is 6.14. The fraction of sp³-hybridized carbons (Fsp3) is 0.375. The quantitative estimate of drug-likeness (QED) is 0.811. The third kappa shape index (κ3) is 3.55. The molecule has 0 amide bonds. The molecule has 9 heteroatoms. The zero-order valence-electron chi connectivity index (χ0n) is 13.6. The molecule has 0 aliphatic carbocycles. The molecule has 1 aliphatic rings. The summed E-state index contributed by atoms with van der Waals surface area (Å²) in [7, 11) is -3.85. The smallest absolute Gasteiger partial charge is 0.244 e. The van der Waals surface area contributed by atoms with Gasteiger partial charge in [0.2, 0.25) is 10.0 Å². The fourth-order valence-electron chi connectivity index (χ4n) is 2.71. The third-order valence-corrected chi connectivity index (χ3v) is 6.20. The highest BCUT2D eigenvalue weighted by Gasteiger charge is 2.33. The minimum atomic E-state index is -3.85. The summed E-state index contributed by atoms with van der Waals surface area (Å²) in [5, 5.41) is 13.7. The number of nitrogens with zero attached hydrogens (tertiary/aromatic N) is 4. The lowest BCUT2D eigenvalue weighted by atomic mass is 10.2. The monoisotopic (exact) mass is 380 g/mol. The van der Waals surface area contributed by atoms with Crippen molar-refractivity contribution in [1.29, 1.82) is 5.26 Å². The Bertz CT molecular complexity index is 920. The number of aryl methyl sites for hydroxylation is 1. The van der Waals surface area contributed by atoms with Gasteiger partial charge in [0.05, 0.1) is 24.5 Å². The van der Waals surface area contributed by atoms with Gasteiger partial charge in [-0.1, -0.05) is 11.6 Å². The van der Waals surface area contributed by atoms with E-state index in [2.05, 4.69) is 5.10 Å². The van der Waals surface area contributed by atoms with Crippen LogP contribution in [-0.4, -0.2) is 42.2 Å². The number of morpholine rings is 1. The molecular weight excluding hydrogens is 364 g/mol. The van der Waals surface area contributed by atoms with Crippen LogP contribution in [0.3, 0.4) is 0 Å². The molecule has 132 valence electrons. The lowest BCUT2D eigenvalue weighted by molar-refractivity contribution is -0.00260. The maximum Gasteiger partial charge on any atom is 0.244 e. The molecule has 1 unspecified atom stereocenters. The van der Waals surface area contributed by atoms with E-state index in [0.29, 0.717) is 0 Å². The summed E-state index contributed by atoms with van der Waals surface area (Å²) in [6.07, 6.45) is 3.14. The molecule has 1 aromatic heterocycles. The molecule has 2 heterocycles. The number of nitriles is 1. The Morgan fingerprint density at radius 3 is 2.96 bits per heavy atom. The number of aromatic nitrogens is 2. The van der Waals surface area contributed by atoms with Crippen LogP contribution in [0.25, 0.3) is 0 Å². The number of hydrogen-bond donors (Lipinski definition) is 0. The maximum atomic E-state index is 13.0. The van der Waals surface area contributed by atoms with E-state index in [0.717, 1.165) is 12.1 Å². The number of hydrogen-bond acceptors (Lipinski definition) is 5. The van der Waals surface area contributed by atoms with Crippen LogP contribution >= 0.6 is 11.6 Å². The molecular formula is C16H17ClN4O3S. The van der Waals surface area contributed by atoms with Gasteiger partial charge in [-0.15, -0.1) is 0 Å². The van der Waals surface area contributed by atoms with Crippen molar-refractivity contribution in [3.8, 4) is 6.07 Å². The van der Waals surface area contributed by atoms with Crippen LogP contribution in [-0.2, 0) is 21.3 Å². The van der Waals surface area contributed by atoms with Crippen LogP contribution in [0.1, 0.15) is 24.2 Å². The molecule has 25 heavy (non-hydrogen) atoms. The predicted molar refractivity (Wildman–Crippen MR) is 91.5 cm³/mol. The molecule has 1 atom stereocenters. The lowest BCUT2D eigenvalue weighted by Crippen LogP contribution is -2.42. The van der Waals surface area contributed by atoms with E-state index in [-0.39, 0.29) is 35.2 Å². The summed E-state index contributed by atoms with van der Waals surface area (Å²) in [6.45, 7) is 3.34. The van der Waals surface area contributed by atoms with Gasteiger partial charge in [0.1, 0.15) is 11.0 Å². The van der Waals surface area contributed by atoms with Crippen LogP contribution in [0, 0.1) is 11.3 Å². The molecule has 1 aliphatic heterocycles. The van der Waals surface area contributed by atoms with Gasteiger partial charge in [0, 0.05) is 36.4 Å². The van der Waals surface area contributed by atoms with Crippen LogP contribution < -0.4 is 0 Å². The number of halogens is 1. The van der Waals surface area contributed by atoms with E-state index in [1.165, 1.54) is 22.5 Å². The van der Waals surface area contributed by atoms with Crippen molar-refractivity contribution < 1.29 is 13.2 Å². The molecule has 0 bridgehead atoms. The van der Waals surface area contributed by atoms with E-state index in [1.54, 1.807) is 10.9 Å². The summed E-state index contributed by atoms with van der Waals surface area (Å²) in [5.74, 6) is 0. The Morgan fingerprint density at radius 2 is 2.28 bits per heavy atom. The molecule has 0 N–H and O–H groups in total. The number of benzene rings is 1. The highest BCUT2D eigenvalue weighted by molar-refractivity contribution is 7.89. The van der Waals surface area contributed by atoms with E-state index in [9.17, 15) is 13.7 Å². The number of sulfonamides is 1. The highest BCUT2D eigenvalue weighted by atomic mass is 35.5. The zero-order chi connectivity index (χ0) is 18.0. The van der Waals surface area contributed by atoms with Crippen molar-refractivity contribution in [1.82, 2.24) is 14.1 Å². The average Bonchev–Trinajstić information content (AvgIpc) is 3.11.